The number of ether oxygens (including phenoxy) is 3. The molecule has 0 saturated carbocycles. The lowest BCUT2D eigenvalue weighted by Crippen LogP contribution is -2.50. The summed E-state index contributed by atoms with van der Waals surface area (Å²) in [5.74, 6) is -0.0195. The third kappa shape index (κ3) is 6.35. The number of hydrogen-bond acceptors (Lipinski definition) is 7. The Hall–Kier alpha value is -3.41. The lowest BCUT2D eigenvalue weighted by molar-refractivity contribution is -0.0512. The van der Waals surface area contributed by atoms with Gasteiger partial charge in [0.1, 0.15) is 29.3 Å². The van der Waals surface area contributed by atoms with E-state index >= 15 is 0 Å². The van der Waals surface area contributed by atoms with Crippen LogP contribution in [-0.4, -0.2) is 49.2 Å². The van der Waals surface area contributed by atoms with Crippen LogP contribution in [0, 0.1) is 0 Å². The van der Waals surface area contributed by atoms with Crippen molar-refractivity contribution in [2.24, 2.45) is 0 Å². The maximum atomic E-state index is 13.1. The SMILES string of the molecule is CC(C)(C)OC(=O)N1CCC2(C=C(OS(=O)(=O)C(F)(F)F)c3ccc(OCc4ccccc4)cc3O2)CC1. The molecule has 206 valence electrons. The molecule has 0 aliphatic carbocycles. The van der Waals surface area contributed by atoms with E-state index in [1.807, 2.05) is 30.3 Å². The molecule has 0 bridgehead atoms. The molecule has 2 aromatic carbocycles. The molecule has 2 heterocycles. The Morgan fingerprint density at radius 1 is 1.05 bits per heavy atom. The monoisotopic (exact) mass is 555 g/mol. The number of amides is 1. The lowest BCUT2D eigenvalue weighted by Gasteiger charge is -2.42. The van der Waals surface area contributed by atoms with E-state index in [1.165, 1.54) is 29.2 Å². The number of rotatable bonds is 5. The summed E-state index contributed by atoms with van der Waals surface area (Å²) in [5.41, 5.74) is -6.59. The molecular formula is C26H28F3NO7S. The molecule has 1 amide bonds. The molecule has 2 aliphatic rings. The van der Waals surface area contributed by atoms with Crippen molar-refractivity contribution in [3.8, 4) is 11.5 Å². The molecule has 0 unspecified atom stereocenters. The van der Waals surface area contributed by atoms with Gasteiger partial charge >= 0.3 is 21.7 Å². The number of carbonyl (C=O) groups is 1. The second-order valence-electron chi connectivity index (χ2n) is 10.1. The molecule has 1 saturated heterocycles. The Morgan fingerprint density at radius 3 is 2.32 bits per heavy atom. The van der Waals surface area contributed by atoms with Crippen molar-refractivity contribution in [3.63, 3.8) is 0 Å². The predicted octanol–water partition coefficient (Wildman–Crippen LogP) is 5.63. The Balaban J connectivity index is 1.61. The summed E-state index contributed by atoms with van der Waals surface area (Å²) in [5, 5.41) is 0. The third-order valence-corrected chi connectivity index (χ3v) is 6.88. The van der Waals surface area contributed by atoms with Crippen LogP contribution in [0.25, 0.3) is 5.76 Å². The van der Waals surface area contributed by atoms with Gasteiger partial charge in [0, 0.05) is 38.1 Å². The smallest absolute Gasteiger partial charge is 0.489 e. The van der Waals surface area contributed by atoms with Crippen LogP contribution >= 0.6 is 0 Å². The quantitative estimate of drug-likeness (QED) is 0.349. The van der Waals surface area contributed by atoms with Gasteiger partial charge in [0.05, 0.1) is 5.56 Å². The van der Waals surface area contributed by atoms with E-state index in [-0.39, 0.29) is 43.9 Å². The largest absolute Gasteiger partial charge is 0.534 e. The molecule has 4 rings (SSSR count). The second kappa shape index (κ2) is 10.0. The second-order valence-corrected chi connectivity index (χ2v) is 11.6. The molecular weight excluding hydrogens is 527 g/mol. The fraction of sp³-hybridized carbons (Fsp3) is 0.423. The van der Waals surface area contributed by atoms with Gasteiger partial charge in [0.15, 0.2) is 5.76 Å². The van der Waals surface area contributed by atoms with Crippen LogP contribution in [0.5, 0.6) is 11.5 Å². The highest BCUT2D eigenvalue weighted by molar-refractivity contribution is 7.87. The molecule has 0 atom stereocenters. The van der Waals surface area contributed by atoms with Crippen LogP contribution in [0.3, 0.4) is 0 Å². The van der Waals surface area contributed by atoms with Crippen LogP contribution < -0.4 is 9.47 Å². The minimum atomic E-state index is -5.94. The number of benzene rings is 2. The van der Waals surface area contributed by atoms with Gasteiger partial charge in [-0.3, -0.25) is 0 Å². The average molecular weight is 556 g/mol. The van der Waals surface area contributed by atoms with E-state index in [0.29, 0.717) is 5.75 Å². The number of hydrogen-bond donors (Lipinski definition) is 0. The van der Waals surface area contributed by atoms with Gasteiger partial charge in [0.25, 0.3) is 0 Å². The highest BCUT2D eigenvalue weighted by Gasteiger charge is 2.50. The first kappa shape index (κ1) is 27.6. The van der Waals surface area contributed by atoms with Crippen molar-refractivity contribution >= 4 is 22.0 Å². The minimum Gasteiger partial charge on any atom is -0.489 e. The summed E-state index contributed by atoms with van der Waals surface area (Å²) in [6, 6.07) is 13.7. The zero-order valence-electron chi connectivity index (χ0n) is 21.1. The highest BCUT2D eigenvalue weighted by Crippen LogP contribution is 2.44. The summed E-state index contributed by atoms with van der Waals surface area (Å²) in [7, 11) is -5.94. The fourth-order valence-corrected chi connectivity index (χ4v) is 4.53. The van der Waals surface area contributed by atoms with Gasteiger partial charge in [-0.1, -0.05) is 30.3 Å². The summed E-state index contributed by atoms with van der Waals surface area (Å²) < 4.78 is 85.2. The Morgan fingerprint density at radius 2 is 1.71 bits per heavy atom. The van der Waals surface area contributed by atoms with Crippen molar-refractivity contribution in [1.82, 2.24) is 4.90 Å². The van der Waals surface area contributed by atoms with Gasteiger partial charge in [-0.2, -0.15) is 21.6 Å². The molecule has 2 aliphatic heterocycles. The topological polar surface area (TPSA) is 91.4 Å². The van der Waals surface area contributed by atoms with Crippen LogP contribution in [0.2, 0.25) is 0 Å². The zero-order valence-corrected chi connectivity index (χ0v) is 21.9. The molecule has 2 aromatic rings. The first-order valence-corrected chi connectivity index (χ1v) is 13.3. The van der Waals surface area contributed by atoms with Gasteiger partial charge in [0.2, 0.25) is 0 Å². The predicted molar refractivity (Wildman–Crippen MR) is 132 cm³/mol. The Kier molecular flexibility index (Phi) is 7.30. The molecule has 8 nitrogen and oxygen atoms in total. The van der Waals surface area contributed by atoms with E-state index in [9.17, 15) is 26.4 Å². The number of piperidine rings is 1. The van der Waals surface area contributed by atoms with Gasteiger partial charge < -0.3 is 23.3 Å². The molecule has 0 radical (unpaired) electrons. The number of halogens is 3. The summed E-state index contributed by atoms with van der Waals surface area (Å²) in [6.07, 6.45) is 1.05. The van der Waals surface area contributed by atoms with Crippen LogP contribution in [0.1, 0.15) is 44.7 Å². The van der Waals surface area contributed by atoms with E-state index in [2.05, 4.69) is 4.18 Å². The van der Waals surface area contributed by atoms with Crippen molar-refractivity contribution in [3.05, 3.63) is 65.7 Å². The number of nitrogens with zero attached hydrogens (tertiary/aromatic N) is 1. The van der Waals surface area contributed by atoms with Crippen LogP contribution in [0.4, 0.5) is 18.0 Å². The van der Waals surface area contributed by atoms with Crippen LogP contribution in [0.15, 0.2) is 54.6 Å². The fourth-order valence-electron chi connectivity index (χ4n) is 4.06. The molecule has 0 N–H and O–H groups in total. The standard InChI is InChI=1S/C26H28F3NO7S/c1-24(2,3)36-23(31)30-13-11-25(12-14-30)16-22(37-38(32,33)26(27,28)29)20-10-9-19(15-21(20)35-25)34-17-18-7-5-4-6-8-18/h4-10,15-16H,11-14,17H2,1-3H3. The minimum absolute atomic E-state index is 0.0325. The summed E-state index contributed by atoms with van der Waals surface area (Å²) in [4.78, 5) is 13.9. The molecule has 1 spiro atoms. The maximum absolute atomic E-state index is 13.1. The number of alkyl halides is 3. The lowest BCUT2D eigenvalue weighted by atomic mass is 9.87. The van der Waals surface area contributed by atoms with E-state index in [0.717, 1.165) is 5.56 Å². The van der Waals surface area contributed by atoms with Crippen LogP contribution in [-0.2, 0) is 25.6 Å². The third-order valence-electron chi connectivity index (χ3n) is 5.92. The van der Waals surface area contributed by atoms with Gasteiger partial charge in [-0.05, 0) is 38.5 Å². The van der Waals surface area contributed by atoms with Crippen molar-refractivity contribution < 1.29 is 44.8 Å². The highest BCUT2D eigenvalue weighted by atomic mass is 32.2. The Labute approximate surface area is 219 Å². The molecule has 38 heavy (non-hydrogen) atoms. The number of fused-ring (bicyclic) bond motifs is 1. The zero-order chi connectivity index (χ0) is 27.8. The van der Waals surface area contributed by atoms with Crippen molar-refractivity contribution in [2.75, 3.05) is 13.1 Å². The average Bonchev–Trinajstić information content (AvgIpc) is 2.81. The number of likely N-dealkylation sites (tertiary alicyclic amines) is 1. The van der Waals surface area contributed by atoms with Gasteiger partial charge in [-0.15, -0.1) is 0 Å². The molecule has 0 aromatic heterocycles. The number of carbonyl (C=O) groups excluding carboxylic acids is 1. The van der Waals surface area contributed by atoms with E-state index in [4.69, 9.17) is 14.2 Å². The summed E-state index contributed by atoms with van der Waals surface area (Å²) >= 11 is 0. The summed E-state index contributed by atoms with van der Waals surface area (Å²) in [6.45, 7) is 5.79. The maximum Gasteiger partial charge on any atom is 0.534 e. The van der Waals surface area contributed by atoms with E-state index in [1.54, 1.807) is 20.8 Å². The molecule has 12 heteroatoms. The van der Waals surface area contributed by atoms with E-state index < -0.39 is 38.7 Å². The molecule has 1 fully saturated rings. The Bertz CT molecular complexity index is 1310. The first-order valence-electron chi connectivity index (χ1n) is 11.9. The first-order chi connectivity index (χ1) is 17.7. The van der Waals surface area contributed by atoms with Crippen molar-refractivity contribution in [1.29, 1.82) is 0 Å². The van der Waals surface area contributed by atoms with Gasteiger partial charge in [-0.25, -0.2) is 4.79 Å². The normalized spacial score (nSPS) is 17.2. The van der Waals surface area contributed by atoms with Crippen molar-refractivity contribution in [2.45, 2.75) is 56.9 Å².